The summed E-state index contributed by atoms with van der Waals surface area (Å²) in [6.45, 7) is 0.588. The summed E-state index contributed by atoms with van der Waals surface area (Å²) in [6, 6.07) is 17.8. The standard InChI is InChI=1S/C25H21N7O/c1-26-13-17-3-2-4-18(11-17)15-32-16-21(14-28-32)29-25(33)24-22-6-5-20(12-23(22)30-31-24)19-7-9-27-10-8-19/h2-14,16H,15H2,1H3,(H,29,33)(H,30,31). The molecule has 0 fully saturated rings. The molecule has 0 saturated carbocycles. The SMILES string of the molecule is CN=Cc1cccc(Cn2cc(NC(=O)c3n[nH]c4cc(-c5ccncc5)ccc34)cn2)c1. The van der Waals surface area contributed by atoms with Gasteiger partial charge in [0, 0.05) is 37.2 Å². The number of anilines is 1. The normalized spacial score (nSPS) is 11.3. The number of H-pyrrole nitrogens is 1. The summed E-state index contributed by atoms with van der Waals surface area (Å²) < 4.78 is 1.78. The second kappa shape index (κ2) is 8.88. The van der Waals surface area contributed by atoms with Gasteiger partial charge in [0.25, 0.3) is 5.91 Å². The van der Waals surface area contributed by atoms with Crippen molar-refractivity contribution in [2.75, 3.05) is 12.4 Å². The molecule has 3 aromatic heterocycles. The highest BCUT2D eigenvalue weighted by molar-refractivity contribution is 6.11. The van der Waals surface area contributed by atoms with Crippen molar-refractivity contribution in [3.05, 3.63) is 96.2 Å². The summed E-state index contributed by atoms with van der Waals surface area (Å²) in [6.07, 6.45) is 8.75. The molecule has 8 heteroatoms. The van der Waals surface area contributed by atoms with Gasteiger partial charge in [-0.25, -0.2) is 0 Å². The minimum Gasteiger partial charge on any atom is -0.318 e. The van der Waals surface area contributed by atoms with E-state index in [1.54, 1.807) is 36.5 Å². The lowest BCUT2D eigenvalue weighted by Crippen LogP contribution is -2.12. The number of aromatic amines is 1. The molecule has 0 unspecified atom stereocenters. The number of aromatic nitrogens is 5. The van der Waals surface area contributed by atoms with Crippen LogP contribution in [0.3, 0.4) is 0 Å². The molecule has 0 aliphatic rings. The molecular formula is C25H21N7O. The maximum Gasteiger partial charge on any atom is 0.276 e. The predicted octanol–water partition coefficient (Wildman–Crippen LogP) is 4.17. The fourth-order valence-electron chi connectivity index (χ4n) is 3.73. The second-order valence-electron chi connectivity index (χ2n) is 7.58. The summed E-state index contributed by atoms with van der Waals surface area (Å²) in [5.74, 6) is -0.293. The highest BCUT2D eigenvalue weighted by Crippen LogP contribution is 2.25. The number of nitrogens with one attached hydrogen (secondary N) is 2. The van der Waals surface area contributed by atoms with Gasteiger partial charge < -0.3 is 5.32 Å². The van der Waals surface area contributed by atoms with Gasteiger partial charge in [0.1, 0.15) is 0 Å². The molecule has 0 aliphatic carbocycles. The Hall–Kier alpha value is -4.59. The molecule has 0 bridgehead atoms. The molecule has 3 heterocycles. The number of benzene rings is 2. The molecule has 1 amide bonds. The summed E-state index contributed by atoms with van der Waals surface area (Å²) in [7, 11) is 1.75. The first-order valence-corrected chi connectivity index (χ1v) is 10.4. The minimum atomic E-state index is -0.293. The molecule has 5 aromatic rings. The van der Waals surface area contributed by atoms with Gasteiger partial charge in [-0.2, -0.15) is 10.2 Å². The van der Waals surface area contributed by atoms with Crippen LogP contribution in [0.5, 0.6) is 0 Å². The number of fused-ring (bicyclic) bond motifs is 1. The van der Waals surface area contributed by atoms with E-state index in [2.05, 4.69) is 36.7 Å². The minimum absolute atomic E-state index is 0.293. The monoisotopic (exact) mass is 435 g/mol. The Bertz CT molecular complexity index is 1450. The zero-order chi connectivity index (χ0) is 22.6. The van der Waals surface area contributed by atoms with Crippen LogP contribution in [-0.4, -0.2) is 44.1 Å². The fourth-order valence-corrected chi connectivity index (χ4v) is 3.73. The van der Waals surface area contributed by atoms with Crippen molar-refractivity contribution in [1.82, 2.24) is 25.0 Å². The first-order chi connectivity index (χ1) is 16.2. The first-order valence-electron chi connectivity index (χ1n) is 10.4. The van der Waals surface area contributed by atoms with Gasteiger partial charge in [-0.05, 0) is 52.6 Å². The molecule has 8 nitrogen and oxygen atoms in total. The van der Waals surface area contributed by atoms with Crippen molar-refractivity contribution in [3.63, 3.8) is 0 Å². The van der Waals surface area contributed by atoms with Crippen LogP contribution in [0, 0.1) is 0 Å². The van der Waals surface area contributed by atoms with Crippen LogP contribution in [0.1, 0.15) is 21.6 Å². The van der Waals surface area contributed by atoms with E-state index in [1.165, 1.54) is 0 Å². The summed E-state index contributed by atoms with van der Waals surface area (Å²) in [4.78, 5) is 21.0. The number of nitrogens with zero attached hydrogens (tertiary/aromatic N) is 5. The summed E-state index contributed by atoms with van der Waals surface area (Å²) >= 11 is 0. The third kappa shape index (κ3) is 4.40. The number of pyridine rings is 1. The van der Waals surface area contributed by atoms with Crippen molar-refractivity contribution >= 4 is 28.7 Å². The molecular weight excluding hydrogens is 414 g/mol. The van der Waals surface area contributed by atoms with Crippen molar-refractivity contribution in [2.45, 2.75) is 6.54 Å². The quantitative estimate of drug-likeness (QED) is 0.391. The number of rotatable bonds is 6. The van der Waals surface area contributed by atoms with E-state index in [-0.39, 0.29) is 5.91 Å². The van der Waals surface area contributed by atoms with Gasteiger partial charge in [-0.3, -0.25) is 24.6 Å². The maximum atomic E-state index is 12.9. The van der Waals surface area contributed by atoms with Crippen LogP contribution >= 0.6 is 0 Å². The van der Waals surface area contributed by atoms with E-state index in [0.29, 0.717) is 17.9 Å². The molecule has 162 valence electrons. The van der Waals surface area contributed by atoms with Crippen LogP contribution < -0.4 is 5.32 Å². The maximum absolute atomic E-state index is 12.9. The Morgan fingerprint density at radius 2 is 2.00 bits per heavy atom. The van der Waals surface area contributed by atoms with E-state index in [9.17, 15) is 4.79 Å². The molecule has 33 heavy (non-hydrogen) atoms. The van der Waals surface area contributed by atoms with E-state index in [1.807, 2.05) is 54.7 Å². The first kappa shape index (κ1) is 20.3. The van der Waals surface area contributed by atoms with E-state index >= 15 is 0 Å². The van der Waals surface area contributed by atoms with Crippen LogP contribution in [0.2, 0.25) is 0 Å². The van der Waals surface area contributed by atoms with Gasteiger partial charge in [-0.1, -0.05) is 24.3 Å². The highest BCUT2D eigenvalue weighted by atomic mass is 16.2. The average Bonchev–Trinajstić information content (AvgIpc) is 3.46. The Labute approximate surface area is 190 Å². The molecule has 5 rings (SSSR count). The Balaban J connectivity index is 1.31. The number of aliphatic imine (C=N–C) groups is 1. The van der Waals surface area contributed by atoms with Crippen molar-refractivity contribution < 1.29 is 4.79 Å². The van der Waals surface area contributed by atoms with Crippen LogP contribution in [0.25, 0.3) is 22.0 Å². The van der Waals surface area contributed by atoms with Crippen LogP contribution in [-0.2, 0) is 6.54 Å². The van der Waals surface area contributed by atoms with Gasteiger partial charge in [0.15, 0.2) is 5.69 Å². The molecule has 2 N–H and O–H groups in total. The van der Waals surface area contributed by atoms with Gasteiger partial charge in [-0.15, -0.1) is 0 Å². The molecule has 0 radical (unpaired) electrons. The lowest BCUT2D eigenvalue weighted by molar-refractivity contribution is 0.102. The Morgan fingerprint density at radius 1 is 1.12 bits per heavy atom. The number of carbonyl (C=O) groups is 1. The van der Waals surface area contributed by atoms with Crippen molar-refractivity contribution in [3.8, 4) is 11.1 Å². The third-order valence-corrected chi connectivity index (χ3v) is 5.26. The van der Waals surface area contributed by atoms with Crippen LogP contribution in [0.15, 0.2) is 84.4 Å². The molecule has 0 saturated heterocycles. The van der Waals surface area contributed by atoms with E-state index < -0.39 is 0 Å². The lowest BCUT2D eigenvalue weighted by Gasteiger charge is -2.03. The van der Waals surface area contributed by atoms with E-state index in [0.717, 1.165) is 33.2 Å². The summed E-state index contributed by atoms with van der Waals surface area (Å²) in [5, 5.41) is 15.2. The molecule has 0 aliphatic heterocycles. The summed E-state index contributed by atoms with van der Waals surface area (Å²) in [5.41, 5.74) is 5.94. The predicted molar refractivity (Wildman–Crippen MR) is 129 cm³/mol. The Morgan fingerprint density at radius 3 is 2.85 bits per heavy atom. The lowest BCUT2D eigenvalue weighted by atomic mass is 10.0. The number of hydrogen-bond acceptors (Lipinski definition) is 5. The largest absolute Gasteiger partial charge is 0.318 e. The zero-order valence-electron chi connectivity index (χ0n) is 17.9. The number of amides is 1. The van der Waals surface area contributed by atoms with Crippen LogP contribution in [0.4, 0.5) is 5.69 Å². The van der Waals surface area contributed by atoms with Crippen molar-refractivity contribution in [2.24, 2.45) is 4.99 Å². The molecule has 2 aromatic carbocycles. The number of hydrogen-bond donors (Lipinski definition) is 2. The topological polar surface area (TPSA) is 101 Å². The average molecular weight is 435 g/mol. The van der Waals surface area contributed by atoms with Gasteiger partial charge >= 0.3 is 0 Å². The van der Waals surface area contributed by atoms with Gasteiger partial charge in [0.2, 0.25) is 0 Å². The second-order valence-corrected chi connectivity index (χ2v) is 7.58. The van der Waals surface area contributed by atoms with Crippen molar-refractivity contribution in [1.29, 1.82) is 0 Å². The highest BCUT2D eigenvalue weighted by Gasteiger charge is 2.16. The smallest absolute Gasteiger partial charge is 0.276 e. The Kier molecular flexibility index (Phi) is 5.47. The number of carbonyl (C=O) groups excluding carboxylic acids is 1. The third-order valence-electron chi connectivity index (χ3n) is 5.26. The zero-order valence-corrected chi connectivity index (χ0v) is 17.9. The molecule has 0 atom stereocenters. The fraction of sp³-hybridized carbons (Fsp3) is 0.0800. The van der Waals surface area contributed by atoms with Gasteiger partial charge in [0.05, 0.1) is 23.9 Å². The van der Waals surface area contributed by atoms with E-state index in [4.69, 9.17) is 0 Å². The molecule has 0 spiro atoms.